The lowest BCUT2D eigenvalue weighted by atomic mass is 9.83. The van der Waals surface area contributed by atoms with Gasteiger partial charge in [-0.3, -0.25) is 4.90 Å². The third-order valence-corrected chi connectivity index (χ3v) is 4.75. The van der Waals surface area contributed by atoms with E-state index in [0.717, 1.165) is 39.0 Å². The summed E-state index contributed by atoms with van der Waals surface area (Å²) >= 11 is 0. The van der Waals surface area contributed by atoms with Gasteiger partial charge < -0.3 is 10.4 Å². The molecule has 0 aromatic rings. The summed E-state index contributed by atoms with van der Waals surface area (Å²) in [6, 6.07) is 0. The molecule has 2 fully saturated rings. The minimum absolute atomic E-state index is 0.427. The second-order valence-corrected chi connectivity index (χ2v) is 6.07. The monoisotopic (exact) mass is 254 g/mol. The first-order valence-electron chi connectivity index (χ1n) is 7.95. The molecule has 0 saturated carbocycles. The van der Waals surface area contributed by atoms with Gasteiger partial charge in [0.15, 0.2) is 0 Å². The van der Waals surface area contributed by atoms with E-state index in [4.69, 9.17) is 0 Å². The van der Waals surface area contributed by atoms with Crippen LogP contribution in [0.4, 0.5) is 0 Å². The number of hydrogen-bond donors (Lipinski definition) is 2. The van der Waals surface area contributed by atoms with Crippen molar-refractivity contribution in [2.45, 2.75) is 64.0 Å². The lowest BCUT2D eigenvalue weighted by molar-refractivity contribution is -0.166. The van der Waals surface area contributed by atoms with Gasteiger partial charge in [-0.25, -0.2) is 0 Å². The number of unbranched alkanes of at least 4 members (excludes halogenated alkanes) is 1. The van der Waals surface area contributed by atoms with E-state index in [1.807, 2.05) is 0 Å². The number of likely N-dealkylation sites (tertiary alicyclic amines) is 1. The standard InChI is InChI=1S/C15H30N2O/c1-2-3-9-15(18,14-8-7-10-16-13-14)17-11-5-4-6-12-17/h14,16,18H,2-13H2,1H3/t14-,15?/m1/s1. The average Bonchev–Trinajstić information content (AvgIpc) is 2.46. The van der Waals surface area contributed by atoms with Crippen molar-refractivity contribution in [3.8, 4) is 0 Å². The van der Waals surface area contributed by atoms with Crippen molar-refractivity contribution in [2.24, 2.45) is 5.92 Å². The quantitative estimate of drug-likeness (QED) is 0.790. The maximum absolute atomic E-state index is 11.3. The number of rotatable bonds is 5. The van der Waals surface area contributed by atoms with Gasteiger partial charge in [-0.05, 0) is 45.1 Å². The fourth-order valence-corrected chi connectivity index (χ4v) is 3.58. The fraction of sp³-hybridized carbons (Fsp3) is 1.00. The smallest absolute Gasteiger partial charge is 0.122 e. The van der Waals surface area contributed by atoms with E-state index in [9.17, 15) is 5.11 Å². The van der Waals surface area contributed by atoms with Crippen molar-refractivity contribution < 1.29 is 5.11 Å². The third kappa shape index (κ3) is 3.25. The van der Waals surface area contributed by atoms with Crippen molar-refractivity contribution >= 4 is 0 Å². The van der Waals surface area contributed by atoms with Crippen LogP contribution in [0.2, 0.25) is 0 Å². The molecule has 2 N–H and O–H groups in total. The summed E-state index contributed by atoms with van der Waals surface area (Å²) in [5.41, 5.74) is -0.538. The second-order valence-electron chi connectivity index (χ2n) is 6.07. The summed E-state index contributed by atoms with van der Waals surface area (Å²) in [5.74, 6) is 0.427. The molecule has 0 aromatic heterocycles. The second kappa shape index (κ2) is 6.88. The van der Waals surface area contributed by atoms with E-state index in [1.165, 1.54) is 38.5 Å². The summed E-state index contributed by atoms with van der Waals surface area (Å²) in [6.07, 6.45) is 9.53. The highest BCUT2D eigenvalue weighted by atomic mass is 16.3. The molecule has 3 nitrogen and oxygen atoms in total. The zero-order valence-corrected chi connectivity index (χ0v) is 12.0. The van der Waals surface area contributed by atoms with Crippen LogP contribution in [0.3, 0.4) is 0 Å². The molecular formula is C15H30N2O. The lowest BCUT2D eigenvalue weighted by Crippen LogP contribution is -2.58. The van der Waals surface area contributed by atoms with Crippen LogP contribution in [-0.2, 0) is 0 Å². The van der Waals surface area contributed by atoms with Gasteiger partial charge in [0.25, 0.3) is 0 Å². The van der Waals surface area contributed by atoms with Crippen LogP contribution in [0, 0.1) is 5.92 Å². The van der Waals surface area contributed by atoms with E-state index < -0.39 is 5.72 Å². The first kappa shape index (κ1) is 14.3. The molecule has 3 heteroatoms. The van der Waals surface area contributed by atoms with Gasteiger partial charge >= 0.3 is 0 Å². The molecule has 2 rings (SSSR count). The first-order chi connectivity index (χ1) is 8.77. The van der Waals surface area contributed by atoms with Crippen molar-refractivity contribution in [1.29, 1.82) is 0 Å². The van der Waals surface area contributed by atoms with Crippen molar-refractivity contribution in [2.75, 3.05) is 26.2 Å². The molecule has 2 atom stereocenters. The van der Waals surface area contributed by atoms with Crippen molar-refractivity contribution in [3.63, 3.8) is 0 Å². The summed E-state index contributed by atoms with van der Waals surface area (Å²) in [4.78, 5) is 2.39. The summed E-state index contributed by atoms with van der Waals surface area (Å²) in [6.45, 7) is 6.53. The van der Waals surface area contributed by atoms with Gasteiger partial charge in [-0.1, -0.05) is 19.8 Å². The third-order valence-electron chi connectivity index (χ3n) is 4.75. The predicted molar refractivity (Wildman–Crippen MR) is 75.5 cm³/mol. The molecule has 18 heavy (non-hydrogen) atoms. The summed E-state index contributed by atoms with van der Waals surface area (Å²) in [5, 5.41) is 14.7. The van der Waals surface area contributed by atoms with E-state index in [-0.39, 0.29) is 0 Å². The van der Waals surface area contributed by atoms with Crippen molar-refractivity contribution in [3.05, 3.63) is 0 Å². The Labute approximate surface area is 112 Å². The lowest BCUT2D eigenvalue weighted by Gasteiger charge is -2.48. The van der Waals surface area contributed by atoms with Crippen LogP contribution < -0.4 is 5.32 Å². The molecule has 0 radical (unpaired) electrons. The molecule has 1 unspecified atom stereocenters. The van der Waals surface area contributed by atoms with Crippen LogP contribution in [0.1, 0.15) is 58.3 Å². The molecule has 0 amide bonds. The van der Waals surface area contributed by atoms with Crippen LogP contribution >= 0.6 is 0 Å². The van der Waals surface area contributed by atoms with Crippen LogP contribution in [0.15, 0.2) is 0 Å². The maximum Gasteiger partial charge on any atom is 0.122 e. The SMILES string of the molecule is CCCCC(O)([C@@H]1CCCNC1)N1CCCCC1. The van der Waals surface area contributed by atoms with Crippen LogP contribution in [0.25, 0.3) is 0 Å². The van der Waals surface area contributed by atoms with E-state index >= 15 is 0 Å². The zero-order valence-electron chi connectivity index (χ0n) is 12.0. The molecule has 0 bridgehead atoms. The minimum atomic E-state index is -0.538. The Kier molecular flexibility index (Phi) is 5.46. The van der Waals surface area contributed by atoms with Crippen LogP contribution in [-0.4, -0.2) is 41.9 Å². The Morgan fingerprint density at radius 3 is 2.61 bits per heavy atom. The summed E-state index contributed by atoms with van der Waals surface area (Å²) in [7, 11) is 0. The number of hydrogen-bond acceptors (Lipinski definition) is 3. The Hall–Kier alpha value is -0.120. The molecule has 2 heterocycles. The molecule has 0 aliphatic carbocycles. The van der Waals surface area contributed by atoms with Gasteiger partial charge in [0, 0.05) is 25.6 Å². The Balaban J connectivity index is 2.04. The number of nitrogens with zero attached hydrogens (tertiary/aromatic N) is 1. The van der Waals surface area contributed by atoms with E-state index in [1.54, 1.807) is 0 Å². The molecule has 0 spiro atoms. The van der Waals surface area contributed by atoms with Gasteiger partial charge in [0.1, 0.15) is 5.72 Å². The molecule has 2 aliphatic rings. The normalized spacial score (nSPS) is 30.0. The number of aliphatic hydroxyl groups is 1. The Morgan fingerprint density at radius 2 is 2.00 bits per heavy atom. The molecule has 106 valence electrons. The first-order valence-corrected chi connectivity index (χ1v) is 7.95. The van der Waals surface area contributed by atoms with Gasteiger partial charge in [-0.15, -0.1) is 0 Å². The average molecular weight is 254 g/mol. The zero-order chi connectivity index (χ0) is 12.8. The van der Waals surface area contributed by atoms with Crippen LogP contribution in [0.5, 0.6) is 0 Å². The highest BCUT2D eigenvalue weighted by molar-refractivity contribution is 4.91. The number of piperidine rings is 2. The molecule has 0 aromatic carbocycles. The van der Waals surface area contributed by atoms with E-state index in [2.05, 4.69) is 17.1 Å². The Morgan fingerprint density at radius 1 is 1.22 bits per heavy atom. The van der Waals surface area contributed by atoms with Gasteiger partial charge in [-0.2, -0.15) is 0 Å². The van der Waals surface area contributed by atoms with Gasteiger partial charge in [0.05, 0.1) is 0 Å². The maximum atomic E-state index is 11.3. The summed E-state index contributed by atoms with van der Waals surface area (Å²) < 4.78 is 0. The number of nitrogens with one attached hydrogen (secondary N) is 1. The Bertz CT molecular complexity index is 215. The molecule has 2 aliphatic heterocycles. The van der Waals surface area contributed by atoms with Crippen molar-refractivity contribution in [1.82, 2.24) is 10.2 Å². The minimum Gasteiger partial charge on any atom is -0.375 e. The highest BCUT2D eigenvalue weighted by Crippen LogP contribution is 2.34. The van der Waals surface area contributed by atoms with Gasteiger partial charge in [0.2, 0.25) is 0 Å². The molecule has 2 saturated heterocycles. The fourth-order valence-electron chi connectivity index (χ4n) is 3.58. The van der Waals surface area contributed by atoms with E-state index in [0.29, 0.717) is 5.92 Å². The largest absolute Gasteiger partial charge is 0.375 e. The predicted octanol–water partition coefficient (Wildman–Crippen LogP) is 2.35. The molecular weight excluding hydrogens is 224 g/mol. The highest BCUT2D eigenvalue weighted by Gasteiger charge is 2.42. The topological polar surface area (TPSA) is 35.5 Å².